The van der Waals surface area contributed by atoms with Crippen molar-refractivity contribution in [1.82, 2.24) is 4.90 Å². The molecule has 0 saturated carbocycles. The van der Waals surface area contributed by atoms with Crippen LogP contribution >= 0.6 is 0 Å². The van der Waals surface area contributed by atoms with E-state index in [4.69, 9.17) is 0 Å². The number of alkyl halides is 3. The van der Waals surface area contributed by atoms with Crippen molar-refractivity contribution in [3.8, 4) is 0 Å². The number of halogens is 3. The van der Waals surface area contributed by atoms with E-state index in [9.17, 15) is 18.0 Å². The van der Waals surface area contributed by atoms with Gasteiger partial charge in [0.2, 0.25) is 0 Å². The maximum Gasteiger partial charge on any atom is 0.410 e. The molecule has 6 heteroatoms. The van der Waals surface area contributed by atoms with Gasteiger partial charge in [0.1, 0.15) is 6.04 Å². The number of carbonyl (C=O) groups is 1. The lowest BCUT2D eigenvalue weighted by atomic mass is 9.96. The molecule has 1 atom stereocenters. The van der Waals surface area contributed by atoms with Gasteiger partial charge in [0.15, 0.2) is 0 Å². The van der Waals surface area contributed by atoms with E-state index in [2.05, 4.69) is 4.74 Å². The molecule has 98 valence electrons. The highest BCUT2D eigenvalue weighted by molar-refractivity contribution is 5.69. The van der Waals surface area contributed by atoms with Gasteiger partial charge >= 0.3 is 12.3 Å². The molecule has 17 heavy (non-hydrogen) atoms. The van der Waals surface area contributed by atoms with Crippen LogP contribution in [-0.2, 0) is 4.74 Å². The fraction of sp³-hybridized carbons (Fsp3) is 0.727. The SMILES string of the molecule is CCOC(=O)N1CC(C)=C(C)CC1C(F)(F)F. The van der Waals surface area contributed by atoms with E-state index < -0.39 is 18.3 Å². The first-order valence-electron chi connectivity index (χ1n) is 5.42. The number of rotatable bonds is 1. The zero-order valence-corrected chi connectivity index (χ0v) is 10.1. The van der Waals surface area contributed by atoms with E-state index in [0.29, 0.717) is 5.57 Å². The van der Waals surface area contributed by atoms with Gasteiger partial charge in [-0.15, -0.1) is 0 Å². The second-order valence-corrected chi connectivity index (χ2v) is 4.15. The molecule has 3 nitrogen and oxygen atoms in total. The third-order valence-electron chi connectivity index (χ3n) is 2.89. The Morgan fingerprint density at radius 1 is 1.41 bits per heavy atom. The Balaban J connectivity index is 2.95. The largest absolute Gasteiger partial charge is 0.450 e. The van der Waals surface area contributed by atoms with Crippen LogP contribution in [-0.4, -0.2) is 36.4 Å². The molecular formula is C11H16F3NO2. The van der Waals surface area contributed by atoms with E-state index in [1.165, 1.54) is 0 Å². The molecule has 0 aromatic carbocycles. The number of nitrogens with zero attached hydrogens (tertiary/aromatic N) is 1. The Bertz CT molecular complexity index is 336. The molecule has 0 aliphatic carbocycles. The zero-order valence-electron chi connectivity index (χ0n) is 10.1. The van der Waals surface area contributed by atoms with Crippen LogP contribution in [0.5, 0.6) is 0 Å². The zero-order chi connectivity index (χ0) is 13.2. The molecule has 1 aliphatic rings. The summed E-state index contributed by atoms with van der Waals surface area (Å²) in [4.78, 5) is 12.2. The number of carbonyl (C=O) groups excluding carboxylic acids is 1. The Labute approximate surface area is 98.2 Å². The molecule has 1 unspecified atom stereocenters. The first-order valence-corrected chi connectivity index (χ1v) is 5.42. The van der Waals surface area contributed by atoms with Crippen molar-refractivity contribution in [3.63, 3.8) is 0 Å². The van der Waals surface area contributed by atoms with Gasteiger partial charge in [0.05, 0.1) is 6.61 Å². The van der Waals surface area contributed by atoms with Gasteiger partial charge in [-0.3, -0.25) is 4.90 Å². The van der Waals surface area contributed by atoms with Crippen LogP contribution in [0.2, 0.25) is 0 Å². The van der Waals surface area contributed by atoms with Crippen molar-refractivity contribution >= 4 is 6.09 Å². The van der Waals surface area contributed by atoms with E-state index in [-0.39, 0.29) is 19.6 Å². The minimum Gasteiger partial charge on any atom is -0.450 e. The molecule has 0 fully saturated rings. The Morgan fingerprint density at radius 3 is 2.47 bits per heavy atom. The van der Waals surface area contributed by atoms with Gasteiger partial charge in [-0.2, -0.15) is 13.2 Å². The molecule has 0 saturated heterocycles. The van der Waals surface area contributed by atoms with Crippen molar-refractivity contribution < 1.29 is 22.7 Å². The van der Waals surface area contributed by atoms with Gasteiger partial charge < -0.3 is 4.74 Å². The molecule has 0 aromatic heterocycles. The highest BCUT2D eigenvalue weighted by Gasteiger charge is 2.47. The molecule has 0 bridgehead atoms. The second-order valence-electron chi connectivity index (χ2n) is 4.15. The smallest absolute Gasteiger partial charge is 0.410 e. The van der Waals surface area contributed by atoms with Gasteiger partial charge in [-0.1, -0.05) is 11.1 Å². The molecule has 1 heterocycles. The predicted molar refractivity (Wildman–Crippen MR) is 56.6 cm³/mol. The Morgan fingerprint density at radius 2 is 2.00 bits per heavy atom. The molecule has 0 aromatic rings. The average molecular weight is 251 g/mol. The lowest BCUT2D eigenvalue weighted by Crippen LogP contribution is -2.51. The predicted octanol–water partition coefficient (Wildman–Crippen LogP) is 3.12. The molecule has 0 N–H and O–H groups in total. The summed E-state index contributed by atoms with van der Waals surface area (Å²) in [5.74, 6) is 0. The van der Waals surface area contributed by atoms with Crippen LogP contribution in [0.4, 0.5) is 18.0 Å². The summed E-state index contributed by atoms with van der Waals surface area (Å²) in [6, 6.07) is -1.77. The molecule has 0 radical (unpaired) electrons. The standard InChI is InChI=1S/C11H16F3NO2/c1-4-17-10(16)15-6-8(3)7(2)5-9(15)11(12,13)14/h9H,4-6H2,1-3H3. The van der Waals surface area contributed by atoms with Crippen molar-refractivity contribution in [2.75, 3.05) is 13.2 Å². The summed E-state index contributed by atoms with van der Waals surface area (Å²) in [6.45, 7) is 5.01. The summed E-state index contributed by atoms with van der Waals surface area (Å²) in [5, 5.41) is 0. The van der Waals surface area contributed by atoms with Gasteiger partial charge in [-0.05, 0) is 27.2 Å². The average Bonchev–Trinajstić information content (AvgIpc) is 2.20. The Kier molecular flexibility index (Phi) is 4.06. The molecular weight excluding hydrogens is 235 g/mol. The summed E-state index contributed by atoms with van der Waals surface area (Å²) in [7, 11) is 0. The van der Waals surface area contributed by atoms with E-state index in [0.717, 1.165) is 10.5 Å². The maximum atomic E-state index is 12.8. The van der Waals surface area contributed by atoms with Crippen LogP contribution in [0.15, 0.2) is 11.1 Å². The third kappa shape index (κ3) is 3.14. The van der Waals surface area contributed by atoms with E-state index in [1.54, 1.807) is 20.8 Å². The first kappa shape index (κ1) is 13.9. The molecule has 0 spiro atoms. The van der Waals surface area contributed by atoms with E-state index in [1.807, 2.05) is 0 Å². The van der Waals surface area contributed by atoms with Crippen molar-refractivity contribution in [3.05, 3.63) is 11.1 Å². The lowest BCUT2D eigenvalue weighted by molar-refractivity contribution is -0.179. The summed E-state index contributed by atoms with van der Waals surface area (Å²) < 4.78 is 43.1. The summed E-state index contributed by atoms with van der Waals surface area (Å²) in [5.41, 5.74) is 1.48. The highest BCUT2D eigenvalue weighted by atomic mass is 19.4. The van der Waals surface area contributed by atoms with Crippen LogP contribution < -0.4 is 0 Å². The fourth-order valence-electron chi connectivity index (χ4n) is 1.77. The van der Waals surface area contributed by atoms with Crippen molar-refractivity contribution in [1.29, 1.82) is 0 Å². The Hall–Kier alpha value is -1.20. The van der Waals surface area contributed by atoms with Crippen molar-refractivity contribution in [2.45, 2.75) is 39.4 Å². The summed E-state index contributed by atoms with van der Waals surface area (Å²) >= 11 is 0. The second kappa shape index (κ2) is 4.98. The minimum absolute atomic E-state index is 0.0190. The normalized spacial score (nSPS) is 21.8. The maximum absolute atomic E-state index is 12.8. The number of hydrogen-bond acceptors (Lipinski definition) is 2. The van der Waals surface area contributed by atoms with Gasteiger partial charge in [0, 0.05) is 6.54 Å². The third-order valence-corrected chi connectivity index (χ3v) is 2.89. The first-order chi connectivity index (χ1) is 7.77. The van der Waals surface area contributed by atoms with Crippen LogP contribution in [0.1, 0.15) is 27.2 Å². The molecule has 1 amide bonds. The number of ether oxygens (including phenoxy) is 1. The topological polar surface area (TPSA) is 29.5 Å². The summed E-state index contributed by atoms with van der Waals surface area (Å²) in [6.07, 6.45) is -5.50. The van der Waals surface area contributed by atoms with Crippen LogP contribution in [0.3, 0.4) is 0 Å². The quantitative estimate of drug-likeness (QED) is 0.670. The monoisotopic (exact) mass is 251 g/mol. The molecule has 1 rings (SSSR count). The van der Waals surface area contributed by atoms with Gasteiger partial charge in [-0.25, -0.2) is 4.79 Å². The minimum atomic E-state index is -4.42. The molecule has 1 aliphatic heterocycles. The van der Waals surface area contributed by atoms with Crippen molar-refractivity contribution in [2.24, 2.45) is 0 Å². The highest BCUT2D eigenvalue weighted by Crippen LogP contribution is 2.34. The number of amides is 1. The van der Waals surface area contributed by atoms with Crippen LogP contribution in [0, 0.1) is 0 Å². The van der Waals surface area contributed by atoms with E-state index >= 15 is 0 Å². The van der Waals surface area contributed by atoms with Gasteiger partial charge in [0.25, 0.3) is 0 Å². The van der Waals surface area contributed by atoms with Crippen LogP contribution in [0.25, 0.3) is 0 Å². The number of hydrogen-bond donors (Lipinski definition) is 0. The lowest BCUT2D eigenvalue weighted by Gasteiger charge is -2.36. The fourth-order valence-corrected chi connectivity index (χ4v) is 1.77.